The lowest BCUT2D eigenvalue weighted by Gasteiger charge is -2.35. The first kappa shape index (κ1) is 12.7. The zero-order valence-corrected chi connectivity index (χ0v) is 11.3. The van der Waals surface area contributed by atoms with Crippen molar-refractivity contribution in [1.82, 2.24) is 10.3 Å². The van der Waals surface area contributed by atoms with Gasteiger partial charge in [-0.15, -0.1) is 0 Å². The van der Waals surface area contributed by atoms with Crippen molar-refractivity contribution in [2.45, 2.75) is 38.8 Å². The number of hydrogen-bond acceptors (Lipinski definition) is 3. The Balaban J connectivity index is 2.11. The lowest BCUT2D eigenvalue weighted by atomic mass is 9.92. The van der Waals surface area contributed by atoms with Crippen molar-refractivity contribution in [1.29, 1.82) is 0 Å². The largest absolute Gasteiger partial charge is 0.357 e. The van der Waals surface area contributed by atoms with E-state index in [0.717, 1.165) is 29.5 Å². The van der Waals surface area contributed by atoms with Gasteiger partial charge in [0.15, 0.2) is 0 Å². The molecule has 0 bridgehead atoms. The van der Waals surface area contributed by atoms with Crippen LogP contribution in [-0.2, 0) is 6.54 Å². The van der Waals surface area contributed by atoms with Gasteiger partial charge >= 0.3 is 0 Å². The molecule has 0 aromatic carbocycles. The maximum Gasteiger partial charge on any atom is 0.128 e. The SMILES string of the molecule is CCNCc1cc(N(C)C2CCC2)ncc1Cl. The highest BCUT2D eigenvalue weighted by molar-refractivity contribution is 6.31. The predicted octanol–water partition coefficient (Wildman–Crippen LogP) is 2.83. The summed E-state index contributed by atoms with van der Waals surface area (Å²) >= 11 is 6.14. The zero-order valence-electron chi connectivity index (χ0n) is 10.5. The van der Waals surface area contributed by atoms with Crippen LogP contribution in [0.1, 0.15) is 31.7 Å². The van der Waals surface area contributed by atoms with Crippen LogP contribution in [-0.4, -0.2) is 24.6 Å². The fourth-order valence-electron chi connectivity index (χ4n) is 2.02. The van der Waals surface area contributed by atoms with E-state index in [9.17, 15) is 0 Å². The number of aromatic nitrogens is 1. The first-order chi connectivity index (χ1) is 8.22. The number of halogens is 1. The van der Waals surface area contributed by atoms with Crippen molar-refractivity contribution >= 4 is 17.4 Å². The van der Waals surface area contributed by atoms with Gasteiger partial charge in [0.1, 0.15) is 5.82 Å². The standard InChI is InChI=1S/C13H20ClN3/c1-3-15-8-10-7-13(16-9-12(10)14)17(2)11-5-4-6-11/h7,9,11,15H,3-6,8H2,1-2H3. The average molecular weight is 254 g/mol. The van der Waals surface area contributed by atoms with E-state index in [4.69, 9.17) is 11.6 Å². The lowest BCUT2D eigenvalue weighted by molar-refractivity contribution is 0.399. The summed E-state index contributed by atoms with van der Waals surface area (Å²) in [6.07, 6.45) is 5.66. The molecule has 0 radical (unpaired) electrons. The molecular weight excluding hydrogens is 234 g/mol. The summed E-state index contributed by atoms with van der Waals surface area (Å²) in [5.74, 6) is 1.03. The van der Waals surface area contributed by atoms with Gasteiger partial charge in [0, 0.05) is 25.8 Å². The topological polar surface area (TPSA) is 28.2 Å². The molecule has 1 aliphatic carbocycles. The smallest absolute Gasteiger partial charge is 0.128 e. The number of rotatable bonds is 5. The van der Waals surface area contributed by atoms with Crippen molar-refractivity contribution in [2.24, 2.45) is 0 Å². The van der Waals surface area contributed by atoms with E-state index < -0.39 is 0 Å². The normalized spacial score (nSPS) is 15.7. The fourth-order valence-corrected chi connectivity index (χ4v) is 2.19. The summed E-state index contributed by atoms with van der Waals surface area (Å²) in [4.78, 5) is 6.69. The van der Waals surface area contributed by atoms with Crippen LogP contribution < -0.4 is 10.2 Å². The zero-order chi connectivity index (χ0) is 12.3. The van der Waals surface area contributed by atoms with E-state index in [1.807, 2.05) is 0 Å². The molecule has 1 aromatic rings. The van der Waals surface area contributed by atoms with Crippen LogP contribution in [0.15, 0.2) is 12.3 Å². The molecule has 0 aliphatic heterocycles. The van der Waals surface area contributed by atoms with Crippen LogP contribution in [0.2, 0.25) is 5.02 Å². The molecule has 0 unspecified atom stereocenters. The van der Waals surface area contributed by atoms with Crippen LogP contribution in [0, 0.1) is 0 Å². The predicted molar refractivity (Wildman–Crippen MR) is 72.7 cm³/mol. The van der Waals surface area contributed by atoms with Crippen LogP contribution in [0.5, 0.6) is 0 Å². The van der Waals surface area contributed by atoms with Crippen molar-refractivity contribution < 1.29 is 0 Å². The Labute approximate surface area is 108 Å². The van der Waals surface area contributed by atoms with Crippen LogP contribution in [0.3, 0.4) is 0 Å². The molecule has 1 aromatic heterocycles. The molecule has 0 spiro atoms. The third kappa shape index (κ3) is 2.90. The molecule has 1 fully saturated rings. The van der Waals surface area contributed by atoms with Crippen molar-refractivity contribution in [3.05, 3.63) is 22.8 Å². The van der Waals surface area contributed by atoms with E-state index in [-0.39, 0.29) is 0 Å². The second-order valence-corrected chi connectivity index (χ2v) is 5.02. The summed E-state index contributed by atoms with van der Waals surface area (Å²) in [5, 5.41) is 4.04. The van der Waals surface area contributed by atoms with Gasteiger partial charge in [0.05, 0.1) is 5.02 Å². The highest BCUT2D eigenvalue weighted by Gasteiger charge is 2.23. The second-order valence-electron chi connectivity index (χ2n) is 4.61. The van der Waals surface area contributed by atoms with Gasteiger partial charge in [-0.2, -0.15) is 0 Å². The monoisotopic (exact) mass is 253 g/mol. The Morgan fingerprint density at radius 2 is 2.29 bits per heavy atom. The van der Waals surface area contributed by atoms with Gasteiger partial charge in [-0.1, -0.05) is 18.5 Å². The van der Waals surface area contributed by atoms with Crippen LogP contribution in [0.25, 0.3) is 0 Å². The van der Waals surface area contributed by atoms with Crippen molar-refractivity contribution in [3.8, 4) is 0 Å². The molecule has 3 nitrogen and oxygen atoms in total. The molecule has 1 aliphatic rings. The number of nitrogens with zero attached hydrogens (tertiary/aromatic N) is 2. The first-order valence-corrected chi connectivity index (χ1v) is 6.68. The minimum atomic E-state index is 0.663. The lowest BCUT2D eigenvalue weighted by Crippen LogP contribution is -2.37. The van der Waals surface area contributed by atoms with E-state index in [0.29, 0.717) is 6.04 Å². The van der Waals surface area contributed by atoms with Gasteiger partial charge < -0.3 is 10.2 Å². The van der Waals surface area contributed by atoms with Gasteiger partial charge in [0.2, 0.25) is 0 Å². The third-order valence-corrected chi connectivity index (χ3v) is 3.81. The molecule has 2 rings (SSSR count). The number of pyridine rings is 1. The van der Waals surface area contributed by atoms with Crippen molar-refractivity contribution in [3.63, 3.8) is 0 Å². The molecule has 0 amide bonds. The number of hydrogen-bond donors (Lipinski definition) is 1. The van der Waals surface area contributed by atoms with Crippen molar-refractivity contribution in [2.75, 3.05) is 18.5 Å². The maximum absolute atomic E-state index is 6.14. The molecule has 94 valence electrons. The minimum absolute atomic E-state index is 0.663. The molecule has 1 saturated carbocycles. The molecule has 4 heteroatoms. The van der Waals surface area contributed by atoms with Gasteiger partial charge in [-0.25, -0.2) is 4.98 Å². The Morgan fingerprint density at radius 1 is 1.53 bits per heavy atom. The summed E-state index contributed by atoms with van der Waals surface area (Å²) in [6, 6.07) is 2.76. The first-order valence-electron chi connectivity index (χ1n) is 6.30. The Kier molecular flexibility index (Phi) is 4.24. The van der Waals surface area contributed by atoms with E-state index >= 15 is 0 Å². The second kappa shape index (κ2) is 5.69. The Morgan fingerprint density at radius 3 is 2.88 bits per heavy atom. The Bertz CT molecular complexity index is 377. The molecular formula is C13H20ClN3. The summed E-state index contributed by atoms with van der Waals surface area (Å²) in [6.45, 7) is 3.85. The molecule has 1 N–H and O–H groups in total. The van der Waals surface area contributed by atoms with E-state index in [1.54, 1.807) is 6.20 Å². The molecule has 1 heterocycles. The summed E-state index contributed by atoms with van der Waals surface area (Å²) < 4.78 is 0. The molecule has 17 heavy (non-hydrogen) atoms. The minimum Gasteiger partial charge on any atom is -0.357 e. The van der Waals surface area contributed by atoms with Gasteiger partial charge in [-0.3, -0.25) is 0 Å². The highest BCUT2D eigenvalue weighted by Crippen LogP contribution is 2.28. The average Bonchev–Trinajstić information content (AvgIpc) is 2.25. The molecule has 0 atom stereocenters. The van der Waals surface area contributed by atoms with Crippen LogP contribution in [0.4, 0.5) is 5.82 Å². The molecule has 0 saturated heterocycles. The Hall–Kier alpha value is -0.800. The van der Waals surface area contributed by atoms with E-state index in [1.165, 1.54) is 19.3 Å². The maximum atomic E-state index is 6.14. The number of nitrogens with one attached hydrogen (secondary N) is 1. The number of anilines is 1. The van der Waals surface area contributed by atoms with Gasteiger partial charge in [-0.05, 0) is 37.4 Å². The fraction of sp³-hybridized carbons (Fsp3) is 0.615. The summed E-state index contributed by atoms with van der Waals surface area (Å²) in [7, 11) is 2.12. The van der Waals surface area contributed by atoms with Crippen LogP contribution >= 0.6 is 11.6 Å². The van der Waals surface area contributed by atoms with Gasteiger partial charge in [0.25, 0.3) is 0 Å². The third-order valence-electron chi connectivity index (χ3n) is 3.47. The summed E-state index contributed by atoms with van der Waals surface area (Å²) in [5.41, 5.74) is 1.13. The van der Waals surface area contributed by atoms with E-state index in [2.05, 4.69) is 35.2 Å². The highest BCUT2D eigenvalue weighted by atomic mass is 35.5. The quantitative estimate of drug-likeness (QED) is 0.875.